The number of carbonyl (C=O) groups is 1. The van der Waals surface area contributed by atoms with Gasteiger partial charge in [0.25, 0.3) is 0 Å². The van der Waals surface area contributed by atoms with Crippen molar-refractivity contribution in [2.24, 2.45) is 0 Å². The zero-order valence-corrected chi connectivity index (χ0v) is 12.1. The SMILES string of the molecule is Cc1cccc(N)c1NC(=O)C(C)(C)c1ccccc1. The number of amides is 1. The maximum atomic E-state index is 12.6. The lowest BCUT2D eigenvalue weighted by Gasteiger charge is -2.25. The average molecular weight is 268 g/mol. The molecule has 2 aromatic carbocycles. The molecule has 3 nitrogen and oxygen atoms in total. The fraction of sp³-hybridized carbons (Fsp3) is 0.235. The molecule has 0 saturated heterocycles. The Balaban J connectivity index is 2.28. The molecule has 2 aromatic rings. The first-order valence-electron chi connectivity index (χ1n) is 6.65. The van der Waals surface area contributed by atoms with Crippen molar-refractivity contribution in [3.8, 4) is 0 Å². The van der Waals surface area contributed by atoms with Crippen molar-refractivity contribution in [2.45, 2.75) is 26.2 Å². The Hall–Kier alpha value is -2.29. The molecule has 0 unspecified atom stereocenters. The van der Waals surface area contributed by atoms with E-state index in [1.807, 2.05) is 63.2 Å². The summed E-state index contributed by atoms with van der Waals surface area (Å²) in [4.78, 5) is 12.6. The van der Waals surface area contributed by atoms with Crippen LogP contribution in [0.25, 0.3) is 0 Å². The Morgan fingerprint density at radius 3 is 2.30 bits per heavy atom. The van der Waals surface area contributed by atoms with Gasteiger partial charge >= 0.3 is 0 Å². The number of anilines is 2. The van der Waals surface area contributed by atoms with Crippen molar-refractivity contribution >= 4 is 17.3 Å². The van der Waals surface area contributed by atoms with Gasteiger partial charge in [-0.3, -0.25) is 4.79 Å². The molecule has 0 spiro atoms. The highest BCUT2D eigenvalue weighted by Gasteiger charge is 2.30. The molecule has 0 aliphatic heterocycles. The highest BCUT2D eigenvalue weighted by molar-refractivity contribution is 6.01. The fourth-order valence-corrected chi connectivity index (χ4v) is 2.12. The van der Waals surface area contributed by atoms with E-state index in [-0.39, 0.29) is 5.91 Å². The van der Waals surface area contributed by atoms with Gasteiger partial charge in [-0.25, -0.2) is 0 Å². The Labute approximate surface area is 119 Å². The van der Waals surface area contributed by atoms with Gasteiger partial charge in [0.15, 0.2) is 0 Å². The van der Waals surface area contributed by atoms with Crippen LogP contribution >= 0.6 is 0 Å². The number of aryl methyl sites for hydroxylation is 1. The molecule has 0 heterocycles. The van der Waals surface area contributed by atoms with Crippen LogP contribution in [0.4, 0.5) is 11.4 Å². The molecule has 0 aliphatic carbocycles. The van der Waals surface area contributed by atoms with E-state index in [2.05, 4.69) is 5.32 Å². The van der Waals surface area contributed by atoms with Crippen LogP contribution in [0.3, 0.4) is 0 Å². The van der Waals surface area contributed by atoms with Gasteiger partial charge in [0.05, 0.1) is 16.8 Å². The Bertz CT molecular complexity index is 598. The number of nitrogen functional groups attached to an aromatic ring is 1. The van der Waals surface area contributed by atoms with Crippen molar-refractivity contribution in [3.05, 3.63) is 59.7 Å². The van der Waals surface area contributed by atoms with Crippen LogP contribution in [0, 0.1) is 6.92 Å². The van der Waals surface area contributed by atoms with Crippen molar-refractivity contribution < 1.29 is 4.79 Å². The molecular formula is C17H20N2O. The molecule has 0 radical (unpaired) electrons. The van der Waals surface area contributed by atoms with Crippen molar-refractivity contribution in [3.63, 3.8) is 0 Å². The molecule has 104 valence electrons. The molecule has 20 heavy (non-hydrogen) atoms. The Kier molecular flexibility index (Phi) is 3.79. The fourth-order valence-electron chi connectivity index (χ4n) is 2.12. The van der Waals surface area contributed by atoms with Gasteiger partial charge in [-0.05, 0) is 38.0 Å². The highest BCUT2D eigenvalue weighted by atomic mass is 16.2. The highest BCUT2D eigenvalue weighted by Crippen LogP contribution is 2.28. The molecule has 2 rings (SSSR count). The standard InChI is InChI=1S/C17H20N2O/c1-12-8-7-11-14(18)15(12)19-16(20)17(2,3)13-9-5-4-6-10-13/h4-11H,18H2,1-3H3,(H,19,20). The molecule has 3 heteroatoms. The quantitative estimate of drug-likeness (QED) is 0.837. The minimum Gasteiger partial charge on any atom is -0.397 e. The lowest BCUT2D eigenvalue weighted by Crippen LogP contribution is -2.35. The molecule has 0 fully saturated rings. The van der Waals surface area contributed by atoms with E-state index >= 15 is 0 Å². The largest absolute Gasteiger partial charge is 0.397 e. The second kappa shape index (κ2) is 5.37. The third-order valence-corrected chi connectivity index (χ3v) is 3.61. The third kappa shape index (κ3) is 2.67. The first kappa shape index (κ1) is 14.1. The van der Waals surface area contributed by atoms with E-state index in [1.54, 1.807) is 6.07 Å². The van der Waals surface area contributed by atoms with Gasteiger partial charge in [0.2, 0.25) is 5.91 Å². The monoisotopic (exact) mass is 268 g/mol. The Morgan fingerprint density at radius 1 is 1.05 bits per heavy atom. The molecule has 0 aliphatic rings. The van der Waals surface area contributed by atoms with Gasteiger partial charge in [0, 0.05) is 0 Å². The minimum absolute atomic E-state index is 0.0651. The second-order valence-electron chi connectivity index (χ2n) is 5.48. The van der Waals surface area contributed by atoms with E-state index in [1.165, 1.54) is 0 Å². The number of para-hydroxylation sites is 1. The summed E-state index contributed by atoms with van der Waals surface area (Å²) in [6.07, 6.45) is 0. The minimum atomic E-state index is -0.615. The smallest absolute Gasteiger partial charge is 0.234 e. The molecular weight excluding hydrogens is 248 g/mol. The summed E-state index contributed by atoms with van der Waals surface area (Å²) in [6, 6.07) is 15.3. The predicted molar refractivity (Wildman–Crippen MR) is 83.7 cm³/mol. The predicted octanol–water partition coefficient (Wildman–Crippen LogP) is 3.49. The van der Waals surface area contributed by atoms with Crippen LogP contribution in [-0.4, -0.2) is 5.91 Å². The number of nitrogens with two attached hydrogens (primary N) is 1. The number of benzene rings is 2. The van der Waals surface area contributed by atoms with Crippen LogP contribution < -0.4 is 11.1 Å². The average Bonchev–Trinajstić information content (AvgIpc) is 2.43. The van der Waals surface area contributed by atoms with Crippen LogP contribution in [0.5, 0.6) is 0 Å². The zero-order valence-electron chi connectivity index (χ0n) is 12.1. The molecule has 0 atom stereocenters. The summed E-state index contributed by atoms with van der Waals surface area (Å²) in [5, 5.41) is 2.95. The van der Waals surface area contributed by atoms with Gasteiger partial charge in [0.1, 0.15) is 0 Å². The summed E-state index contributed by atoms with van der Waals surface area (Å²) >= 11 is 0. The molecule has 0 bridgehead atoms. The van der Waals surface area contributed by atoms with Crippen molar-refractivity contribution in [1.29, 1.82) is 0 Å². The van der Waals surface area contributed by atoms with Crippen LogP contribution in [0.2, 0.25) is 0 Å². The molecule has 1 amide bonds. The maximum absolute atomic E-state index is 12.6. The van der Waals surface area contributed by atoms with Gasteiger partial charge < -0.3 is 11.1 Å². The topological polar surface area (TPSA) is 55.1 Å². The van der Waals surface area contributed by atoms with E-state index in [0.29, 0.717) is 11.4 Å². The summed E-state index contributed by atoms with van der Waals surface area (Å²) < 4.78 is 0. The van der Waals surface area contributed by atoms with Crippen molar-refractivity contribution in [1.82, 2.24) is 0 Å². The van der Waals surface area contributed by atoms with Gasteiger partial charge in [-0.15, -0.1) is 0 Å². The number of carbonyl (C=O) groups excluding carboxylic acids is 1. The number of hydrogen-bond donors (Lipinski definition) is 2. The third-order valence-electron chi connectivity index (χ3n) is 3.61. The number of hydrogen-bond acceptors (Lipinski definition) is 2. The summed E-state index contributed by atoms with van der Waals surface area (Å²) in [6.45, 7) is 5.75. The van der Waals surface area contributed by atoms with Gasteiger partial charge in [-0.1, -0.05) is 42.5 Å². The van der Waals surface area contributed by atoms with E-state index in [0.717, 1.165) is 11.1 Å². The summed E-state index contributed by atoms with van der Waals surface area (Å²) in [5.74, 6) is -0.0651. The maximum Gasteiger partial charge on any atom is 0.234 e. The Morgan fingerprint density at radius 2 is 1.70 bits per heavy atom. The van der Waals surface area contributed by atoms with Crippen LogP contribution in [-0.2, 0) is 10.2 Å². The van der Waals surface area contributed by atoms with Gasteiger partial charge in [-0.2, -0.15) is 0 Å². The van der Waals surface area contributed by atoms with Crippen LogP contribution in [0.1, 0.15) is 25.0 Å². The lowest BCUT2D eigenvalue weighted by molar-refractivity contribution is -0.120. The van der Waals surface area contributed by atoms with E-state index < -0.39 is 5.41 Å². The van der Waals surface area contributed by atoms with E-state index in [4.69, 9.17) is 5.73 Å². The first-order chi connectivity index (χ1) is 9.43. The normalized spacial score (nSPS) is 11.2. The van der Waals surface area contributed by atoms with Crippen LogP contribution in [0.15, 0.2) is 48.5 Å². The molecule has 0 aromatic heterocycles. The second-order valence-corrected chi connectivity index (χ2v) is 5.48. The number of rotatable bonds is 3. The zero-order chi connectivity index (χ0) is 14.8. The summed E-state index contributed by atoms with van der Waals surface area (Å²) in [7, 11) is 0. The molecule has 0 saturated carbocycles. The van der Waals surface area contributed by atoms with Crippen molar-refractivity contribution in [2.75, 3.05) is 11.1 Å². The first-order valence-corrected chi connectivity index (χ1v) is 6.65. The number of nitrogens with one attached hydrogen (secondary N) is 1. The van der Waals surface area contributed by atoms with E-state index in [9.17, 15) is 4.79 Å². The summed E-state index contributed by atoms with van der Waals surface area (Å²) in [5.41, 5.74) is 8.54. The molecule has 3 N–H and O–H groups in total. The lowest BCUT2D eigenvalue weighted by atomic mass is 9.83.